The standard InChI is InChI=1S/C5H6N10/c6-1-9-5-14-3(8)11-12-4(14)10-2(7)15(5)13-1/h(H2,6,13)(H2,8,11)(H2,7,10,12). The Kier molecular flexibility index (Phi) is 1.15. The molecule has 15 heavy (non-hydrogen) atoms. The lowest BCUT2D eigenvalue weighted by molar-refractivity contribution is 0.906. The lowest BCUT2D eigenvalue weighted by Gasteiger charge is -1.98. The van der Waals surface area contributed by atoms with Crippen LogP contribution in [0, 0.1) is 0 Å². The summed E-state index contributed by atoms with van der Waals surface area (Å²) < 4.78 is 2.67. The molecule has 0 unspecified atom stereocenters. The smallest absolute Gasteiger partial charge is 0.262 e. The van der Waals surface area contributed by atoms with Crippen LogP contribution in [0.2, 0.25) is 0 Å². The molecule has 0 spiro atoms. The van der Waals surface area contributed by atoms with Gasteiger partial charge >= 0.3 is 0 Å². The first-order chi connectivity index (χ1) is 7.16. The summed E-state index contributed by atoms with van der Waals surface area (Å²) in [4.78, 5) is 7.88. The topological polar surface area (TPSA) is 151 Å². The monoisotopic (exact) mass is 206 g/mol. The number of hydrogen-bond acceptors (Lipinski definition) is 8. The third kappa shape index (κ3) is 0.841. The molecule has 0 fully saturated rings. The van der Waals surface area contributed by atoms with Gasteiger partial charge in [-0.1, -0.05) is 0 Å². The van der Waals surface area contributed by atoms with Crippen LogP contribution >= 0.6 is 0 Å². The molecule has 3 aromatic heterocycles. The van der Waals surface area contributed by atoms with Gasteiger partial charge in [0.05, 0.1) is 0 Å². The second-order valence-electron chi connectivity index (χ2n) is 2.85. The van der Waals surface area contributed by atoms with Gasteiger partial charge in [-0.3, -0.25) is 0 Å². The van der Waals surface area contributed by atoms with Crippen molar-refractivity contribution in [3.63, 3.8) is 0 Å². The van der Waals surface area contributed by atoms with Crippen molar-refractivity contribution in [1.29, 1.82) is 0 Å². The molecule has 0 saturated carbocycles. The van der Waals surface area contributed by atoms with E-state index in [4.69, 9.17) is 17.2 Å². The number of hydrogen-bond donors (Lipinski definition) is 3. The first-order valence-corrected chi connectivity index (χ1v) is 3.95. The molecule has 0 aromatic carbocycles. The predicted molar refractivity (Wildman–Crippen MR) is 50.6 cm³/mol. The molecular weight excluding hydrogens is 200 g/mol. The Morgan fingerprint density at radius 3 is 2.53 bits per heavy atom. The molecule has 0 aliphatic rings. The largest absolute Gasteiger partial charge is 0.368 e. The van der Waals surface area contributed by atoms with Crippen molar-refractivity contribution in [3.05, 3.63) is 0 Å². The van der Waals surface area contributed by atoms with Crippen molar-refractivity contribution in [2.75, 3.05) is 17.2 Å². The predicted octanol–water partition coefficient (Wildman–Crippen LogP) is -2.09. The van der Waals surface area contributed by atoms with Crippen LogP contribution in [0.25, 0.3) is 11.6 Å². The first-order valence-electron chi connectivity index (χ1n) is 3.95. The van der Waals surface area contributed by atoms with Crippen LogP contribution in [-0.2, 0) is 0 Å². The Morgan fingerprint density at radius 2 is 1.73 bits per heavy atom. The van der Waals surface area contributed by atoms with Gasteiger partial charge in [0.25, 0.3) is 5.78 Å². The molecule has 0 saturated heterocycles. The Morgan fingerprint density at radius 1 is 0.933 bits per heavy atom. The zero-order valence-electron chi connectivity index (χ0n) is 7.36. The second-order valence-corrected chi connectivity index (χ2v) is 2.85. The highest BCUT2D eigenvalue weighted by molar-refractivity contribution is 5.52. The van der Waals surface area contributed by atoms with Crippen molar-refractivity contribution in [3.8, 4) is 0 Å². The highest BCUT2D eigenvalue weighted by atomic mass is 15.5. The number of nitrogens with zero attached hydrogens (tertiary/aromatic N) is 7. The van der Waals surface area contributed by atoms with Gasteiger partial charge < -0.3 is 17.2 Å². The van der Waals surface area contributed by atoms with E-state index in [2.05, 4.69) is 25.3 Å². The molecule has 0 amide bonds. The number of nitrogen functional groups attached to an aromatic ring is 3. The summed E-state index contributed by atoms with van der Waals surface area (Å²) in [5, 5.41) is 11.2. The minimum absolute atomic E-state index is 0.0732. The van der Waals surface area contributed by atoms with Gasteiger partial charge in [-0.05, 0) is 0 Å². The zero-order valence-corrected chi connectivity index (χ0v) is 7.36. The molecule has 10 heteroatoms. The molecule has 0 aliphatic heterocycles. The van der Waals surface area contributed by atoms with Gasteiger partial charge in [-0.15, -0.1) is 15.3 Å². The molecule has 0 radical (unpaired) electrons. The highest BCUT2D eigenvalue weighted by Gasteiger charge is 2.13. The number of fused-ring (bicyclic) bond motifs is 3. The lowest BCUT2D eigenvalue weighted by Crippen LogP contribution is -2.07. The maximum atomic E-state index is 5.62. The Hall–Kier alpha value is -2.65. The number of aromatic nitrogens is 7. The molecule has 0 atom stereocenters. The normalized spacial score (nSPS) is 11.5. The fourth-order valence-electron chi connectivity index (χ4n) is 1.32. The van der Waals surface area contributed by atoms with E-state index in [0.717, 1.165) is 0 Å². The minimum atomic E-state index is 0.0732. The quantitative estimate of drug-likeness (QED) is 0.378. The summed E-state index contributed by atoms with van der Waals surface area (Å²) in [5.74, 6) is 0.926. The van der Waals surface area contributed by atoms with E-state index in [1.807, 2.05) is 0 Å². The van der Waals surface area contributed by atoms with Crippen molar-refractivity contribution in [1.82, 2.24) is 34.2 Å². The van der Waals surface area contributed by atoms with Crippen LogP contribution in [0.1, 0.15) is 0 Å². The first kappa shape index (κ1) is 7.73. The third-order valence-electron chi connectivity index (χ3n) is 1.91. The number of rotatable bonds is 0. The van der Waals surface area contributed by atoms with E-state index in [9.17, 15) is 0 Å². The maximum Gasteiger partial charge on any atom is 0.262 e. The summed E-state index contributed by atoms with van der Waals surface area (Å²) >= 11 is 0. The fourth-order valence-corrected chi connectivity index (χ4v) is 1.32. The Balaban J connectivity index is 2.66. The summed E-state index contributed by atoms with van der Waals surface area (Å²) in [6.45, 7) is 0. The van der Waals surface area contributed by atoms with E-state index in [0.29, 0.717) is 5.78 Å². The van der Waals surface area contributed by atoms with Crippen LogP contribution in [-0.4, -0.2) is 34.2 Å². The fraction of sp³-hybridized carbons (Fsp3) is 0. The summed E-state index contributed by atoms with van der Waals surface area (Å²) in [7, 11) is 0. The van der Waals surface area contributed by atoms with E-state index >= 15 is 0 Å². The third-order valence-corrected chi connectivity index (χ3v) is 1.91. The van der Waals surface area contributed by atoms with Gasteiger partial charge in [-0.25, -0.2) is 4.40 Å². The van der Waals surface area contributed by atoms with Crippen molar-refractivity contribution in [2.24, 2.45) is 0 Å². The zero-order chi connectivity index (χ0) is 10.6. The Labute approximate surface area is 81.7 Å². The molecule has 0 aliphatic carbocycles. The maximum absolute atomic E-state index is 5.62. The summed E-state index contributed by atoms with van der Waals surface area (Å²) in [6.07, 6.45) is 0. The lowest BCUT2D eigenvalue weighted by atomic mass is 10.8. The summed E-state index contributed by atoms with van der Waals surface area (Å²) in [6, 6.07) is 0. The number of anilines is 3. The van der Waals surface area contributed by atoms with Crippen LogP contribution in [0.4, 0.5) is 17.8 Å². The van der Waals surface area contributed by atoms with E-state index < -0.39 is 0 Å². The van der Waals surface area contributed by atoms with E-state index in [-0.39, 0.29) is 23.6 Å². The summed E-state index contributed by atoms with van der Waals surface area (Å²) in [5.41, 5.74) is 16.7. The van der Waals surface area contributed by atoms with Gasteiger partial charge in [-0.2, -0.15) is 14.5 Å². The average molecular weight is 206 g/mol. The molecule has 3 heterocycles. The van der Waals surface area contributed by atoms with Crippen molar-refractivity contribution >= 4 is 29.4 Å². The highest BCUT2D eigenvalue weighted by Crippen LogP contribution is 2.11. The van der Waals surface area contributed by atoms with Crippen molar-refractivity contribution in [2.45, 2.75) is 0 Å². The van der Waals surface area contributed by atoms with Gasteiger partial charge in [0.15, 0.2) is 0 Å². The number of nitrogens with two attached hydrogens (primary N) is 3. The van der Waals surface area contributed by atoms with E-state index in [1.54, 1.807) is 0 Å². The minimum Gasteiger partial charge on any atom is -0.368 e. The van der Waals surface area contributed by atoms with Crippen LogP contribution < -0.4 is 17.2 Å². The average Bonchev–Trinajstić information content (AvgIpc) is 2.70. The molecule has 6 N–H and O–H groups in total. The molecule has 3 rings (SSSR count). The van der Waals surface area contributed by atoms with Crippen LogP contribution in [0.5, 0.6) is 0 Å². The molecule has 3 aromatic rings. The van der Waals surface area contributed by atoms with Crippen LogP contribution in [0.15, 0.2) is 0 Å². The van der Waals surface area contributed by atoms with Gasteiger partial charge in [0, 0.05) is 0 Å². The molecular formula is C5H6N10. The molecule has 76 valence electrons. The second kappa shape index (κ2) is 2.23. The van der Waals surface area contributed by atoms with E-state index in [1.165, 1.54) is 8.92 Å². The van der Waals surface area contributed by atoms with Gasteiger partial charge in [0.1, 0.15) is 0 Å². The Bertz CT molecular complexity index is 661. The van der Waals surface area contributed by atoms with Crippen molar-refractivity contribution < 1.29 is 0 Å². The SMILES string of the molecule is Nc1nc2n(n1)c(N)nc1nnc(N)n12. The van der Waals surface area contributed by atoms with Crippen LogP contribution in [0.3, 0.4) is 0 Å². The van der Waals surface area contributed by atoms with Gasteiger partial charge in [0.2, 0.25) is 23.6 Å². The molecule has 0 bridgehead atoms. The molecule has 10 nitrogen and oxygen atoms in total.